The first-order valence-corrected chi connectivity index (χ1v) is 17.0. The molecule has 3 aliphatic carbocycles. The van der Waals surface area contributed by atoms with Gasteiger partial charge in [0, 0.05) is 38.6 Å². The lowest BCUT2D eigenvalue weighted by molar-refractivity contribution is -0.224. The Hall–Kier alpha value is -3.65. The van der Waals surface area contributed by atoms with Crippen molar-refractivity contribution in [2.24, 2.45) is 11.8 Å². The van der Waals surface area contributed by atoms with E-state index in [1.54, 1.807) is 6.08 Å². The summed E-state index contributed by atoms with van der Waals surface area (Å²) in [7, 11) is 0. The average molecular weight is 627 g/mol. The lowest BCUT2D eigenvalue weighted by Gasteiger charge is -2.65. The Kier molecular flexibility index (Phi) is 7.78. The Morgan fingerprint density at radius 3 is 2.59 bits per heavy atom. The van der Waals surface area contributed by atoms with E-state index in [1.807, 2.05) is 42.2 Å². The van der Waals surface area contributed by atoms with Gasteiger partial charge in [-0.25, -0.2) is 0 Å². The number of rotatable bonds is 9. The minimum atomic E-state index is -0.815. The molecule has 2 aromatic rings. The summed E-state index contributed by atoms with van der Waals surface area (Å²) in [5, 5.41) is 0. The zero-order valence-electron chi connectivity index (χ0n) is 27.7. The molecule has 7 rings (SSSR count). The molecule has 46 heavy (non-hydrogen) atoms. The Bertz CT molecular complexity index is 1600. The van der Waals surface area contributed by atoms with Gasteiger partial charge < -0.3 is 19.1 Å². The predicted octanol–water partition coefficient (Wildman–Crippen LogP) is 5.62. The minimum Gasteiger partial charge on any atom is -0.483 e. The predicted molar refractivity (Wildman–Crippen MR) is 175 cm³/mol. The number of hydrogen-bond acceptors (Lipinski definition) is 7. The van der Waals surface area contributed by atoms with Crippen LogP contribution in [-0.4, -0.2) is 71.1 Å². The number of esters is 2. The van der Waals surface area contributed by atoms with Crippen LogP contribution in [0.1, 0.15) is 82.1 Å². The van der Waals surface area contributed by atoms with E-state index in [-0.39, 0.29) is 29.9 Å². The summed E-state index contributed by atoms with van der Waals surface area (Å²) in [6.07, 6.45) is 8.33. The number of aryl methyl sites for hydroxylation is 1. The summed E-state index contributed by atoms with van der Waals surface area (Å²) in [5.74, 6) is 1.12. The van der Waals surface area contributed by atoms with Crippen LogP contribution < -0.4 is 9.47 Å². The van der Waals surface area contributed by atoms with Crippen LogP contribution in [0.15, 0.2) is 42.5 Å². The molecule has 2 heterocycles. The van der Waals surface area contributed by atoms with E-state index in [4.69, 9.17) is 14.2 Å². The molecule has 3 fully saturated rings. The lowest BCUT2D eigenvalue weighted by atomic mass is 9.48. The summed E-state index contributed by atoms with van der Waals surface area (Å²) in [6, 6.07) is 11.8. The fourth-order valence-electron chi connectivity index (χ4n) is 9.25. The summed E-state index contributed by atoms with van der Waals surface area (Å²) >= 11 is 0. The second-order valence-corrected chi connectivity index (χ2v) is 14.7. The molecule has 0 N–H and O–H groups in total. The molecule has 1 amide bonds. The molecule has 5 atom stereocenters. The Labute approximate surface area is 272 Å². The quantitative estimate of drug-likeness (QED) is 0.203. The van der Waals surface area contributed by atoms with Crippen molar-refractivity contribution in [1.82, 2.24) is 9.80 Å². The molecule has 244 valence electrons. The molecule has 8 heteroatoms. The van der Waals surface area contributed by atoms with Crippen LogP contribution >= 0.6 is 0 Å². The number of amides is 1. The Morgan fingerprint density at radius 1 is 1.09 bits per heavy atom. The lowest BCUT2D eigenvalue weighted by Crippen LogP contribution is -2.79. The molecular weight excluding hydrogens is 580 g/mol. The fourth-order valence-corrected chi connectivity index (χ4v) is 9.25. The molecular formula is C38H46N2O6. The molecule has 2 saturated carbocycles. The molecule has 0 unspecified atom stereocenters. The van der Waals surface area contributed by atoms with Crippen LogP contribution in [0.5, 0.6) is 11.5 Å². The van der Waals surface area contributed by atoms with Gasteiger partial charge in [-0.1, -0.05) is 49.7 Å². The first-order chi connectivity index (χ1) is 22.0. The van der Waals surface area contributed by atoms with Gasteiger partial charge in [-0.2, -0.15) is 0 Å². The molecule has 5 aliphatic rings. The summed E-state index contributed by atoms with van der Waals surface area (Å²) in [5.41, 5.74) is 2.79. The number of benzene rings is 2. The third kappa shape index (κ3) is 5.04. The maximum Gasteiger partial charge on any atom is 0.308 e. The van der Waals surface area contributed by atoms with Gasteiger partial charge in [-0.15, -0.1) is 0 Å². The zero-order valence-corrected chi connectivity index (χ0v) is 27.7. The summed E-state index contributed by atoms with van der Waals surface area (Å²) in [4.78, 5) is 44.1. The molecule has 0 aromatic heterocycles. The van der Waals surface area contributed by atoms with E-state index in [2.05, 4.69) is 30.9 Å². The third-order valence-electron chi connectivity index (χ3n) is 11.0. The van der Waals surface area contributed by atoms with Crippen molar-refractivity contribution in [1.29, 1.82) is 0 Å². The van der Waals surface area contributed by atoms with Gasteiger partial charge in [0.05, 0.1) is 17.5 Å². The van der Waals surface area contributed by atoms with Crippen molar-refractivity contribution in [2.75, 3.05) is 19.6 Å². The average Bonchev–Trinajstić information content (AvgIpc) is 3.74. The van der Waals surface area contributed by atoms with Gasteiger partial charge in [0.2, 0.25) is 5.91 Å². The van der Waals surface area contributed by atoms with Gasteiger partial charge in [0.25, 0.3) is 0 Å². The number of hydrogen-bond donors (Lipinski definition) is 0. The van der Waals surface area contributed by atoms with E-state index in [9.17, 15) is 14.4 Å². The molecule has 2 aliphatic heterocycles. The van der Waals surface area contributed by atoms with Crippen LogP contribution in [0.25, 0.3) is 6.08 Å². The van der Waals surface area contributed by atoms with Crippen molar-refractivity contribution >= 4 is 23.9 Å². The molecule has 2 aromatic carbocycles. The van der Waals surface area contributed by atoms with E-state index >= 15 is 0 Å². The van der Waals surface area contributed by atoms with Crippen LogP contribution in [-0.2, 0) is 31.0 Å². The smallest absolute Gasteiger partial charge is 0.308 e. The maximum atomic E-state index is 14.2. The van der Waals surface area contributed by atoms with E-state index in [0.29, 0.717) is 36.8 Å². The SMILES string of the molecule is CC(=O)Oc1ccc2c3c1O[C@H]1[C@H](N(CC(C)C)C(=O)C=Cc4cccc(C)c4)CC[C@@]4(OC(C)=O)[C@@H](C2)N(CC2CC2)CC[C@]314. The third-order valence-corrected chi connectivity index (χ3v) is 11.0. The van der Waals surface area contributed by atoms with Crippen LogP contribution in [0.3, 0.4) is 0 Å². The number of piperidine rings is 1. The van der Waals surface area contributed by atoms with E-state index in [1.165, 1.54) is 26.7 Å². The molecule has 0 radical (unpaired) electrons. The molecule has 8 nitrogen and oxygen atoms in total. The highest BCUT2D eigenvalue weighted by Crippen LogP contribution is 2.67. The van der Waals surface area contributed by atoms with E-state index < -0.39 is 23.1 Å². The summed E-state index contributed by atoms with van der Waals surface area (Å²) < 4.78 is 19.4. The highest BCUT2D eigenvalue weighted by atomic mass is 16.6. The van der Waals surface area contributed by atoms with Crippen molar-refractivity contribution < 1.29 is 28.6 Å². The van der Waals surface area contributed by atoms with Crippen molar-refractivity contribution in [3.63, 3.8) is 0 Å². The largest absolute Gasteiger partial charge is 0.483 e. The minimum absolute atomic E-state index is 0.00583. The highest BCUT2D eigenvalue weighted by Gasteiger charge is 2.76. The second kappa shape index (κ2) is 11.5. The van der Waals surface area contributed by atoms with Crippen molar-refractivity contribution in [3.05, 3.63) is 64.7 Å². The first-order valence-electron chi connectivity index (χ1n) is 17.0. The topological polar surface area (TPSA) is 85.4 Å². The van der Waals surface area contributed by atoms with Crippen molar-refractivity contribution in [2.45, 2.75) is 102 Å². The number of likely N-dealkylation sites (tertiary alicyclic amines) is 1. The number of nitrogens with zero attached hydrogens (tertiary/aromatic N) is 2. The van der Waals surface area contributed by atoms with Gasteiger partial charge >= 0.3 is 11.9 Å². The van der Waals surface area contributed by atoms with Crippen LogP contribution in [0.2, 0.25) is 0 Å². The fraction of sp³-hybridized carbons (Fsp3) is 0.553. The number of ether oxygens (including phenoxy) is 3. The van der Waals surface area contributed by atoms with E-state index in [0.717, 1.165) is 48.2 Å². The highest BCUT2D eigenvalue weighted by molar-refractivity contribution is 5.92. The molecule has 2 bridgehead atoms. The standard InChI is InChI=1S/C38H46N2O6/c1-23(2)21-40(33(43)14-11-27-8-6-7-24(3)19-27)30-15-16-38(46-26(5)42)32-20-29-12-13-31(44-25(4)41)35-34(29)37(38,36(30)45-35)17-18-39(32)22-28-9-10-28/h6-8,11-14,19,23,28,30,32,36H,9-10,15-18,20-22H2,1-5H3/t30-,32-,36+,37+,38-/m1/s1. The Balaban J connectivity index is 1.35. The van der Waals surface area contributed by atoms with Gasteiger partial charge in [-0.05, 0) is 87.1 Å². The normalized spacial score (nSPS) is 29.3. The number of carbonyl (C=O) groups excluding carboxylic acids is 3. The second-order valence-electron chi connectivity index (χ2n) is 14.7. The number of carbonyl (C=O) groups is 3. The van der Waals surface area contributed by atoms with Crippen LogP contribution in [0, 0.1) is 18.8 Å². The monoisotopic (exact) mass is 626 g/mol. The first kappa shape index (κ1) is 31.0. The van der Waals surface area contributed by atoms with Gasteiger partial charge in [-0.3, -0.25) is 19.3 Å². The summed E-state index contributed by atoms with van der Waals surface area (Å²) in [6.45, 7) is 11.6. The van der Waals surface area contributed by atoms with Gasteiger partial charge in [0.15, 0.2) is 11.5 Å². The van der Waals surface area contributed by atoms with Gasteiger partial charge in [0.1, 0.15) is 11.7 Å². The van der Waals surface area contributed by atoms with Crippen LogP contribution in [0.4, 0.5) is 0 Å². The maximum absolute atomic E-state index is 14.2. The van der Waals surface area contributed by atoms with Crippen molar-refractivity contribution in [3.8, 4) is 11.5 Å². The molecule has 1 spiro atoms. The molecule has 1 saturated heterocycles. The zero-order chi connectivity index (χ0) is 32.4. The Morgan fingerprint density at radius 2 is 1.89 bits per heavy atom.